The summed E-state index contributed by atoms with van der Waals surface area (Å²) in [5.41, 5.74) is 1.07. The molecule has 2 aromatic rings. The maximum atomic E-state index is 10.8. The smallest absolute Gasteiger partial charge is 0.0887 e. The number of aliphatic hydroxyl groups is 1. The summed E-state index contributed by atoms with van der Waals surface area (Å²) in [6.07, 6.45) is 2.44. The molecule has 1 atom stereocenters. The highest BCUT2D eigenvalue weighted by Gasteiger charge is 2.25. The Balaban J connectivity index is 2.23. The van der Waals surface area contributed by atoms with Gasteiger partial charge < -0.3 is 10.4 Å². The van der Waals surface area contributed by atoms with Crippen molar-refractivity contribution in [2.75, 3.05) is 6.54 Å². The molecular formula is C17H24N2O. The average Bonchev–Trinajstić information content (AvgIpc) is 2.36. The predicted molar refractivity (Wildman–Crippen MR) is 83.7 cm³/mol. The first-order chi connectivity index (χ1) is 9.30. The monoisotopic (exact) mass is 272 g/mol. The minimum Gasteiger partial charge on any atom is -0.385 e. The number of nitrogens with one attached hydrogen (secondary N) is 1. The van der Waals surface area contributed by atoms with Crippen LogP contribution in [0.3, 0.4) is 0 Å². The number of fused-ring (bicyclic) bond motifs is 1. The molecule has 20 heavy (non-hydrogen) atoms. The van der Waals surface area contributed by atoms with Gasteiger partial charge >= 0.3 is 0 Å². The largest absolute Gasteiger partial charge is 0.385 e. The van der Waals surface area contributed by atoms with Crippen LogP contribution < -0.4 is 5.32 Å². The highest BCUT2D eigenvalue weighted by Crippen LogP contribution is 2.30. The number of hydrogen-bond donors (Lipinski definition) is 2. The lowest BCUT2D eigenvalue weighted by molar-refractivity contribution is 0.0479. The van der Waals surface area contributed by atoms with E-state index in [4.69, 9.17) is 0 Å². The van der Waals surface area contributed by atoms with Gasteiger partial charge in [0, 0.05) is 17.1 Å². The van der Waals surface area contributed by atoms with E-state index in [0.717, 1.165) is 23.0 Å². The molecule has 3 nitrogen and oxygen atoms in total. The lowest BCUT2D eigenvalue weighted by atomic mass is 9.89. The number of aromatic nitrogens is 1. The van der Waals surface area contributed by atoms with Gasteiger partial charge in [0.25, 0.3) is 0 Å². The van der Waals surface area contributed by atoms with Crippen LogP contribution >= 0.6 is 0 Å². The Morgan fingerprint density at radius 2 is 1.85 bits per heavy atom. The summed E-state index contributed by atoms with van der Waals surface area (Å²) in [6, 6.07) is 9.85. The van der Waals surface area contributed by atoms with Crippen LogP contribution in [-0.4, -0.2) is 22.2 Å². The van der Waals surface area contributed by atoms with Crippen molar-refractivity contribution in [1.29, 1.82) is 0 Å². The number of pyridine rings is 1. The number of nitrogens with zero attached hydrogens (tertiary/aromatic N) is 1. The van der Waals surface area contributed by atoms with Crippen molar-refractivity contribution in [1.82, 2.24) is 10.3 Å². The second-order valence-electron chi connectivity index (χ2n) is 6.58. The summed E-state index contributed by atoms with van der Waals surface area (Å²) in [6.45, 7) is 9.03. The van der Waals surface area contributed by atoms with E-state index in [1.807, 2.05) is 37.3 Å². The molecule has 0 bridgehead atoms. The molecule has 1 heterocycles. The van der Waals surface area contributed by atoms with E-state index in [1.165, 1.54) is 0 Å². The second kappa shape index (κ2) is 5.51. The molecule has 2 rings (SSSR count). The normalized spacial score (nSPS) is 15.2. The fraction of sp³-hybridized carbons (Fsp3) is 0.471. The molecule has 0 aliphatic rings. The average molecular weight is 272 g/mol. The van der Waals surface area contributed by atoms with Crippen molar-refractivity contribution in [3.05, 3.63) is 42.1 Å². The summed E-state index contributed by atoms with van der Waals surface area (Å²) < 4.78 is 0. The molecule has 0 aliphatic carbocycles. The number of rotatable bonds is 4. The zero-order valence-corrected chi connectivity index (χ0v) is 12.8. The molecule has 0 aliphatic heterocycles. The van der Waals surface area contributed by atoms with Gasteiger partial charge in [-0.25, -0.2) is 0 Å². The molecule has 0 radical (unpaired) electrons. The van der Waals surface area contributed by atoms with Gasteiger partial charge in [-0.2, -0.15) is 0 Å². The summed E-state index contributed by atoms with van der Waals surface area (Å²) >= 11 is 0. The summed E-state index contributed by atoms with van der Waals surface area (Å²) in [5.74, 6) is 0. The van der Waals surface area contributed by atoms with Crippen molar-refractivity contribution in [3.8, 4) is 0 Å². The Kier molecular flexibility index (Phi) is 4.11. The highest BCUT2D eigenvalue weighted by atomic mass is 16.3. The molecular weight excluding hydrogens is 248 g/mol. The minimum absolute atomic E-state index is 0.0659. The molecule has 0 saturated carbocycles. The first-order valence-corrected chi connectivity index (χ1v) is 7.11. The molecule has 108 valence electrons. The Hall–Kier alpha value is -1.45. The molecule has 1 aromatic carbocycles. The van der Waals surface area contributed by atoms with E-state index in [2.05, 4.69) is 31.1 Å². The third-order valence-corrected chi connectivity index (χ3v) is 3.49. The molecule has 1 unspecified atom stereocenters. The van der Waals surface area contributed by atoms with Crippen molar-refractivity contribution in [2.45, 2.75) is 45.3 Å². The van der Waals surface area contributed by atoms with Crippen molar-refractivity contribution in [3.63, 3.8) is 0 Å². The second-order valence-corrected chi connectivity index (χ2v) is 6.58. The van der Waals surface area contributed by atoms with E-state index < -0.39 is 5.60 Å². The van der Waals surface area contributed by atoms with Gasteiger partial charge in [0.1, 0.15) is 0 Å². The molecule has 0 fully saturated rings. The fourth-order valence-corrected chi connectivity index (χ4v) is 2.39. The van der Waals surface area contributed by atoms with Crippen molar-refractivity contribution in [2.24, 2.45) is 0 Å². The third-order valence-electron chi connectivity index (χ3n) is 3.49. The maximum Gasteiger partial charge on any atom is 0.0887 e. The van der Waals surface area contributed by atoms with Gasteiger partial charge in [0.05, 0.1) is 11.1 Å². The van der Waals surface area contributed by atoms with E-state index in [0.29, 0.717) is 6.42 Å². The highest BCUT2D eigenvalue weighted by molar-refractivity contribution is 5.82. The van der Waals surface area contributed by atoms with Gasteiger partial charge in [0.2, 0.25) is 0 Å². The summed E-state index contributed by atoms with van der Waals surface area (Å²) in [4.78, 5) is 4.35. The summed E-state index contributed by atoms with van der Waals surface area (Å²) in [7, 11) is 0. The Morgan fingerprint density at radius 1 is 1.10 bits per heavy atom. The van der Waals surface area contributed by atoms with Gasteiger partial charge in [-0.1, -0.05) is 18.2 Å². The zero-order chi connectivity index (χ0) is 14.8. The van der Waals surface area contributed by atoms with E-state index in [-0.39, 0.29) is 5.54 Å². The van der Waals surface area contributed by atoms with Crippen LogP contribution in [-0.2, 0) is 5.60 Å². The van der Waals surface area contributed by atoms with Crippen LogP contribution in [0, 0.1) is 0 Å². The summed E-state index contributed by atoms with van der Waals surface area (Å²) in [5, 5.41) is 15.3. The van der Waals surface area contributed by atoms with Crippen LogP contribution in [0.5, 0.6) is 0 Å². The van der Waals surface area contributed by atoms with Gasteiger partial charge in [-0.15, -0.1) is 0 Å². The minimum atomic E-state index is -0.860. The van der Waals surface area contributed by atoms with Crippen LogP contribution in [0.1, 0.15) is 39.7 Å². The molecule has 3 heteroatoms. The quantitative estimate of drug-likeness (QED) is 0.898. The molecule has 0 saturated heterocycles. The lowest BCUT2D eigenvalue weighted by Crippen LogP contribution is -2.39. The molecule has 0 spiro atoms. The Morgan fingerprint density at radius 3 is 2.55 bits per heavy atom. The van der Waals surface area contributed by atoms with Gasteiger partial charge in [-0.05, 0) is 58.4 Å². The number of hydrogen-bond acceptors (Lipinski definition) is 3. The van der Waals surface area contributed by atoms with Crippen molar-refractivity contribution >= 4 is 10.9 Å². The van der Waals surface area contributed by atoms with Crippen molar-refractivity contribution < 1.29 is 5.11 Å². The van der Waals surface area contributed by atoms with Gasteiger partial charge in [0.15, 0.2) is 0 Å². The Bertz CT molecular complexity index is 580. The van der Waals surface area contributed by atoms with Crippen LogP contribution in [0.2, 0.25) is 0 Å². The SMILES string of the molecule is CC(C)(C)NCCC(C)(O)c1cccc2ncccc12. The zero-order valence-electron chi connectivity index (χ0n) is 12.8. The lowest BCUT2D eigenvalue weighted by Gasteiger charge is -2.28. The van der Waals surface area contributed by atoms with E-state index in [1.54, 1.807) is 6.20 Å². The van der Waals surface area contributed by atoms with Crippen LogP contribution in [0.15, 0.2) is 36.5 Å². The van der Waals surface area contributed by atoms with Crippen LogP contribution in [0.25, 0.3) is 10.9 Å². The predicted octanol–water partition coefficient (Wildman–Crippen LogP) is 3.22. The Labute approximate surface area is 121 Å². The standard InChI is InChI=1S/C17H24N2O/c1-16(2,3)19-12-10-17(4,20)14-8-5-9-15-13(14)7-6-11-18-15/h5-9,11,19-20H,10,12H2,1-4H3. The third kappa shape index (κ3) is 3.56. The van der Waals surface area contributed by atoms with Gasteiger partial charge in [-0.3, -0.25) is 4.98 Å². The first-order valence-electron chi connectivity index (χ1n) is 7.11. The van der Waals surface area contributed by atoms with E-state index >= 15 is 0 Å². The fourth-order valence-electron chi connectivity index (χ4n) is 2.39. The molecule has 0 amide bonds. The van der Waals surface area contributed by atoms with E-state index in [9.17, 15) is 5.11 Å². The first kappa shape index (κ1) is 14.9. The molecule has 1 aromatic heterocycles. The molecule has 2 N–H and O–H groups in total. The van der Waals surface area contributed by atoms with Crippen LogP contribution in [0.4, 0.5) is 0 Å². The topological polar surface area (TPSA) is 45.1 Å². The number of benzene rings is 1. The maximum absolute atomic E-state index is 10.8.